The van der Waals surface area contributed by atoms with Crippen molar-refractivity contribution in [1.82, 2.24) is 10.2 Å². The summed E-state index contributed by atoms with van der Waals surface area (Å²) in [6, 6.07) is 10.6. The quantitative estimate of drug-likeness (QED) is 0.404. The highest BCUT2D eigenvalue weighted by atomic mass is 127. The number of ether oxygens (including phenoxy) is 1. The molecule has 0 aliphatic carbocycles. The van der Waals surface area contributed by atoms with E-state index in [1.165, 1.54) is 12.0 Å². The van der Waals surface area contributed by atoms with Crippen LogP contribution in [0.1, 0.15) is 45.3 Å². The summed E-state index contributed by atoms with van der Waals surface area (Å²) in [4.78, 5) is 7.47. The van der Waals surface area contributed by atoms with Gasteiger partial charge in [0, 0.05) is 38.7 Å². The maximum atomic E-state index is 6.02. The smallest absolute Gasteiger partial charge is 0.193 e. The summed E-state index contributed by atoms with van der Waals surface area (Å²) in [5, 5.41) is 3.51. The van der Waals surface area contributed by atoms with E-state index in [0.717, 1.165) is 57.0 Å². The first-order valence-electron chi connectivity index (χ1n) is 9.87. The number of guanidine groups is 1. The van der Waals surface area contributed by atoms with Gasteiger partial charge in [-0.25, -0.2) is 0 Å². The highest BCUT2D eigenvalue weighted by Gasteiger charge is 2.30. The maximum Gasteiger partial charge on any atom is 0.193 e. The maximum absolute atomic E-state index is 6.02. The van der Waals surface area contributed by atoms with Crippen LogP contribution in [0.4, 0.5) is 0 Å². The summed E-state index contributed by atoms with van der Waals surface area (Å²) in [6.07, 6.45) is 2.60. The lowest BCUT2D eigenvalue weighted by molar-refractivity contribution is 0.0924. The van der Waals surface area contributed by atoms with Crippen molar-refractivity contribution in [2.75, 3.05) is 32.8 Å². The fourth-order valence-corrected chi connectivity index (χ4v) is 4.30. The van der Waals surface area contributed by atoms with E-state index >= 15 is 0 Å². The Kier molecular flexibility index (Phi) is 8.67. The third-order valence-electron chi connectivity index (χ3n) is 5.32. The molecule has 2 saturated heterocycles. The first-order chi connectivity index (χ1) is 12.2. The van der Waals surface area contributed by atoms with E-state index in [0.29, 0.717) is 5.92 Å². The molecule has 0 spiro atoms. The van der Waals surface area contributed by atoms with Gasteiger partial charge in [-0.3, -0.25) is 4.99 Å². The van der Waals surface area contributed by atoms with Crippen molar-refractivity contribution in [3.05, 3.63) is 35.9 Å². The first-order valence-corrected chi connectivity index (χ1v) is 9.87. The summed E-state index contributed by atoms with van der Waals surface area (Å²) >= 11 is 0. The van der Waals surface area contributed by atoms with E-state index in [4.69, 9.17) is 9.73 Å². The average Bonchev–Trinajstić information content (AvgIpc) is 3.07. The molecule has 2 aliphatic heterocycles. The number of aliphatic imine (C=N–C) groups is 1. The number of benzene rings is 1. The van der Waals surface area contributed by atoms with Gasteiger partial charge >= 0.3 is 0 Å². The van der Waals surface area contributed by atoms with Crippen molar-refractivity contribution < 1.29 is 4.74 Å². The molecule has 2 fully saturated rings. The molecular formula is C21H34IN3O. The van der Waals surface area contributed by atoms with E-state index in [1.807, 2.05) is 0 Å². The monoisotopic (exact) mass is 471 g/mol. The number of nitrogens with zero attached hydrogens (tertiary/aromatic N) is 2. The minimum absolute atomic E-state index is 0. The van der Waals surface area contributed by atoms with E-state index in [-0.39, 0.29) is 30.1 Å². The van der Waals surface area contributed by atoms with Gasteiger partial charge in [-0.1, -0.05) is 44.2 Å². The van der Waals surface area contributed by atoms with E-state index in [1.54, 1.807) is 0 Å². The second kappa shape index (κ2) is 10.5. The van der Waals surface area contributed by atoms with Crippen LogP contribution in [0.5, 0.6) is 0 Å². The largest absolute Gasteiger partial charge is 0.373 e. The lowest BCUT2D eigenvalue weighted by atomic mass is 9.92. The zero-order valence-corrected chi connectivity index (χ0v) is 18.7. The van der Waals surface area contributed by atoms with Gasteiger partial charge < -0.3 is 15.0 Å². The topological polar surface area (TPSA) is 36.9 Å². The van der Waals surface area contributed by atoms with Crippen LogP contribution in [0.15, 0.2) is 35.3 Å². The fraction of sp³-hybridized carbons (Fsp3) is 0.667. The van der Waals surface area contributed by atoms with Crippen LogP contribution in [0, 0.1) is 17.8 Å². The Labute approximate surface area is 175 Å². The van der Waals surface area contributed by atoms with Crippen molar-refractivity contribution >= 4 is 29.9 Å². The highest BCUT2D eigenvalue weighted by Crippen LogP contribution is 2.34. The summed E-state index contributed by atoms with van der Waals surface area (Å²) in [5.41, 5.74) is 1.28. The van der Waals surface area contributed by atoms with Gasteiger partial charge in [-0.05, 0) is 37.2 Å². The van der Waals surface area contributed by atoms with Crippen molar-refractivity contribution in [3.63, 3.8) is 0 Å². The molecule has 26 heavy (non-hydrogen) atoms. The summed E-state index contributed by atoms with van der Waals surface area (Å²) < 4.78 is 6.02. The normalized spacial score (nSPS) is 29.3. The van der Waals surface area contributed by atoms with Gasteiger partial charge in [-0.15, -0.1) is 24.0 Å². The molecular weight excluding hydrogens is 437 g/mol. The van der Waals surface area contributed by atoms with Crippen LogP contribution < -0.4 is 5.32 Å². The number of likely N-dealkylation sites (tertiary alicyclic amines) is 1. The second-order valence-corrected chi connectivity index (χ2v) is 7.80. The molecule has 2 aliphatic rings. The molecule has 0 amide bonds. The average molecular weight is 471 g/mol. The van der Waals surface area contributed by atoms with Crippen molar-refractivity contribution in [2.45, 2.75) is 39.7 Å². The van der Waals surface area contributed by atoms with Crippen LogP contribution in [-0.4, -0.2) is 43.6 Å². The van der Waals surface area contributed by atoms with Crippen molar-refractivity contribution in [1.29, 1.82) is 0 Å². The Morgan fingerprint density at radius 1 is 1.19 bits per heavy atom. The summed E-state index contributed by atoms with van der Waals surface area (Å²) in [5.74, 6) is 3.02. The van der Waals surface area contributed by atoms with Gasteiger partial charge in [0.25, 0.3) is 0 Å². The Balaban J connectivity index is 0.00000243. The lowest BCUT2D eigenvalue weighted by Gasteiger charge is -2.37. The molecule has 0 aromatic heterocycles. The van der Waals surface area contributed by atoms with Crippen molar-refractivity contribution in [3.8, 4) is 0 Å². The number of hydrogen-bond donors (Lipinski definition) is 1. The lowest BCUT2D eigenvalue weighted by Crippen LogP contribution is -2.48. The molecule has 5 heteroatoms. The van der Waals surface area contributed by atoms with Gasteiger partial charge in [-0.2, -0.15) is 0 Å². The Hall–Kier alpha value is -0.820. The standard InChI is InChI=1S/C21H33N3O.HI/c1-4-22-21(24-14-16(2)12-17(3)15-24)23-13-19-10-11-25-20(19)18-8-6-5-7-9-18;/h5-9,16-17,19-20H,4,10-15H2,1-3H3,(H,22,23);1H. The molecule has 3 rings (SSSR count). The molecule has 4 atom stereocenters. The van der Waals surface area contributed by atoms with E-state index in [2.05, 4.69) is 61.3 Å². The van der Waals surface area contributed by atoms with E-state index < -0.39 is 0 Å². The molecule has 4 unspecified atom stereocenters. The fourth-order valence-electron chi connectivity index (χ4n) is 4.30. The number of piperidine rings is 1. The zero-order chi connectivity index (χ0) is 17.6. The predicted molar refractivity (Wildman–Crippen MR) is 119 cm³/mol. The first kappa shape index (κ1) is 21.5. The Morgan fingerprint density at radius 3 is 2.54 bits per heavy atom. The van der Waals surface area contributed by atoms with Gasteiger partial charge in [0.05, 0.1) is 6.10 Å². The SMILES string of the molecule is CCNC(=NCC1CCOC1c1ccccc1)N1CC(C)CC(C)C1.I. The molecule has 1 aromatic rings. The molecule has 0 radical (unpaired) electrons. The molecule has 0 bridgehead atoms. The summed E-state index contributed by atoms with van der Waals surface area (Å²) in [6.45, 7) is 11.7. The van der Waals surface area contributed by atoms with Crippen LogP contribution >= 0.6 is 24.0 Å². The van der Waals surface area contributed by atoms with Crippen LogP contribution in [0.25, 0.3) is 0 Å². The number of rotatable bonds is 4. The van der Waals surface area contributed by atoms with Gasteiger partial charge in [0.2, 0.25) is 0 Å². The second-order valence-electron chi connectivity index (χ2n) is 7.80. The molecule has 4 nitrogen and oxygen atoms in total. The molecule has 2 heterocycles. The number of hydrogen-bond acceptors (Lipinski definition) is 2. The van der Waals surface area contributed by atoms with Gasteiger partial charge in [0.15, 0.2) is 5.96 Å². The van der Waals surface area contributed by atoms with Crippen molar-refractivity contribution in [2.24, 2.45) is 22.7 Å². The van der Waals surface area contributed by atoms with Crippen LogP contribution in [0.2, 0.25) is 0 Å². The Morgan fingerprint density at radius 2 is 1.88 bits per heavy atom. The molecule has 146 valence electrons. The predicted octanol–water partition coefficient (Wildman–Crippen LogP) is 4.33. The highest BCUT2D eigenvalue weighted by molar-refractivity contribution is 14.0. The van der Waals surface area contributed by atoms with Crippen LogP contribution in [0.3, 0.4) is 0 Å². The molecule has 1 aromatic carbocycles. The minimum Gasteiger partial charge on any atom is -0.373 e. The molecule has 1 N–H and O–H groups in total. The number of halogens is 1. The Bertz CT molecular complexity index is 556. The number of nitrogens with one attached hydrogen (secondary N) is 1. The zero-order valence-electron chi connectivity index (χ0n) is 16.4. The summed E-state index contributed by atoms with van der Waals surface area (Å²) in [7, 11) is 0. The third-order valence-corrected chi connectivity index (χ3v) is 5.32. The minimum atomic E-state index is 0. The van der Waals surface area contributed by atoms with E-state index in [9.17, 15) is 0 Å². The molecule has 0 saturated carbocycles. The third kappa shape index (κ3) is 5.59. The van der Waals surface area contributed by atoms with Crippen LogP contribution in [-0.2, 0) is 4.74 Å². The van der Waals surface area contributed by atoms with Gasteiger partial charge in [0.1, 0.15) is 0 Å².